The molecular formula is C18H14Cl2N2O4S. The minimum Gasteiger partial charge on any atom is -0.457 e. The van der Waals surface area contributed by atoms with Crippen LogP contribution >= 0.6 is 23.2 Å². The van der Waals surface area contributed by atoms with Gasteiger partial charge in [0.25, 0.3) is 5.91 Å². The van der Waals surface area contributed by atoms with E-state index in [1.807, 2.05) is 0 Å². The van der Waals surface area contributed by atoms with Gasteiger partial charge in [0, 0.05) is 22.7 Å². The van der Waals surface area contributed by atoms with Crippen molar-refractivity contribution in [3.8, 4) is 17.4 Å². The smallest absolute Gasteiger partial charge is 0.262 e. The Balaban J connectivity index is 1.78. The number of hydrogen-bond acceptors (Lipinski definition) is 5. The standard InChI is InChI=1S/C18H14Cl2N2O4S/c19-12-1-3-16(20)15(8-12)17-4-2-14(26-17)7-11(9-21)18(23)22-13-5-6-27(24,25)10-13/h1-4,7-8,13H,5-6,10H2,(H,22,23)/b11-7+/t13-/m0/s1. The molecule has 0 radical (unpaired) electrons. The average molecular weight is 425 g/mol. The minimum atomic E-state index is -3.13. The van der Waals surface area contributed by atoms with Gasteiger partial charge in [0.05, 0.1) is 16.5 Å². The number of rotatable bonds is 4. The van der Waals surface area contributed by atoms with Crippen molar-refractivity contribution in [2.24, 2.45) is 0 Å². The molecule has 0 aliphatic carbocycles. The van der Waals surface area contributed by atoms with Gasteiger partial charge in [-0.15, -0.1) is 0 Å². The highest BCUT2D eigenvalue weighted by atomic mass is 35.5. The zero-order valence-corrected chi connectivity index (χ0v) is 16.2. The first-order valence-electron chi connectivity index (χ1n) is 7.96. The zero-order chi connectivity index (χ0) is 19.6. The summed E-state index contributed by atoms with van der Waals surface area (Å²) in [4.78, 5) is 12.2. The average Bonchev–Trinajstić information content (AvgIpc) is 3.20. The lowest BCUT2D eigenvalue weighted by Crippen LogP contribution is -2.36. The van der Waals surface area contributed by atoms with Crippen LogP contribution in [-0.2, 0) is 14.6 Å². The number of amides is 1. The minimum absolute atomic E-state index is 0.0332. The third-order valence-corrected chi connectivity index (χ3v) is 6.37. The van der Waals surface area contributed by atoms with Crippen molar-refractivity contribution in [1.29, 1.82) is 5.26 Å². The van der Waals surface area contributed by atoms with Gasteiger partial charge < -0.3 is 9.73 Å². The summed E-state index contributed by atoms with van der Waals surface area (Å²) in [7, 11) is -3.13. The van der Waals surface area contributed by atoms with Crippen molar-refractivity contribution in [3.63, 3.8) is 0 Å². The van der Waals surface area contributed by atoms with E-state index in [1.165, 1.54) is 6.08 Å². The summed E-state index contributed by atoms with van der Waals surface area (Å²) in [6, 6.07) is 9.50. The molecule has 1 aliphatic rings. The highest BCUT2D eigenvalue weighted by Crippen LogP contribution is 2.32. The highest BCUT2D eigenvalue weighted by molar-refractivity contribution is 7.91. The van der Waals surface area contributed by atoms with Crippen molar-refractivity contribution in [2.75, 3.05) is 11.5 Å². The second-order valence-electron chi connectivity index (χ2n) is 6.07. The normalized spacial score (nSPS) is 18.9. The predicted octanol–water partition coefficient (Wildman–Crippen LogP) is 3.46. The number of benzene rings is 1. The summed E-state index contributed by atoms with van der Waals surface area (Å²) in [6.45, 7) is 0. The van der Waals surface area contributed by atoms with Crippen LogP contribution in [0.25, 0.3) is 17.4 Å². The fourth-order valence-corrected chi connectivity index (χ4v) is 4.78. The summed E-state index contributed by atoms with van der Waals surface area (Å²) in [5, 5.41) is 12.8. The van der Waals surface area contributed by atoms with E-state index in [-0.39, 0.29) is 22.8 Å². The summed E-state index contributed by atoms with van der Waals surface area (Å²) in [5.41, 5.74) is 0.403. The van der Waals surface area contributed by atoms with E-state index in [0.29, 0.717) is 27.8 Å². The molecule has 1 aliphatic heterocycles. The molecule has 140 valence electrons. The Morgan fingerprint density at radius 1 is 1.30 bits per heavy atom. The number of nitriles is 1. The van der Waals surface area contributed by atoms with Gasteiger partial charge in [-0.2, -0.15) is 5.26 Å². The largest absolute Gasteiger partial charge is 0.457 e. The monoisotopic (exact) mass is 424 g/mol. The zero-order valence-electron chi connectivity index (χ0n) is 13.9. The molecule has 0 unspecified atom stereocenters. The molecule has 0 bridgehead atoms. The Labute approximate surface area is 166 Å². The third-order valence-electron chi connectivity index (χ3n) is 4.04. The van der Waals surface area contributed by atoms with Gasteiger partial charge in [-0.1, -0.05) is 23.2 Å². The molecule has 9 heteroatoms. The second-order valence-corrected chi connectivity index (χ2v) is 9.14. The van der Waals surface area contributed by atoms with Gasteiger partial charge in [0.2, 0.25) is 0 Å². The Kier molecular flexibility index (Phi) is 5.61. The predicted molar refractivity (Wildman–Crippen MR) is 103 cm³/mol. The molecule has 1 fully saturated rings. The molecule has 1 N–H and O–H groups in total. The number of sulfone groups is 1. The number of nitrogens with one attached hydrogen (secondary N) is 1. The lowest BCUT2D eigenvalue weighted by molar-refractivity contribution is -0.117. The van der Waals surface area contributed by atoms with E-state index in [2.05, 4.69) is 5.32 Å². The Morgan fingerprint density at radius 2 is 2.07 bits per heavy atom. The summed E-state index contributed by atoms with van der Waals surface area (Å²) in [5.74, 6) is -0.000336. The van der Waals surface area contributed by atoms with Gasteiger partial charge >= 0.3 is 0 Å². The van der Waals surface area contributed by atoms with Crippen molar-refractivity contribution in [1.82, 2.24) is 5.32 Å². The van der Waals surface area contributed by atoms with Gasteiger partial charge in [0.1, 0.15) is 23.2 Å². The van der Waals surface area contributed by atoms with Gasteiger partial charge in [-0.05, 0) is 36.8 Å². The number of carbonyl (C=O) groups excluding carboxylic acids is 1. The third kappa shape index (κ3) is 4.72. The van der Waals surface area contributed by atoms with E-state index in [9.17, 15) is 18.5 Å². The van der Waals surface area contributed by atoms with Gasteiger partial charge in [-0.3, -0.25) is 4.79 Å². The maximum Gasteiger partial charge on any atom is 0.262 e. The molecule has 2 aromatic rings. The van der Waals surface area contributed by atoms with E-state index in [0.717, 1.165) is 0 Å². The second kappa shape index (κ2) is 7.77. The summed E-state index contributed by atoms with van der Waals surface area (Å²) >= 11 is 12.1. The molecule has 2 heterocycles. The van der Waals surface area contributed by atoms with Gasteiger partial charge in [0.15, 0.2) is 9.84 Å². The van der Waals surface area contributed by atoms with Crippen LogP contribution in [0.2, 0.25) is 10.0 Å². The molecule has 1 atom stereocenters. The highest BCUT2D eigenvalue weighted by Gasteiger charge is 2.29. The van der Waals surface area contributed by atoms with E-state index in [4.69, 9.17) is 27.6 Å². The van der Waals surface area contributed by atoms with Crippen LogP contribution in [0.15, 0.2) is 40.3 Å². The van der Waals surface area contributed by atoms with Crippen LogP contribution < -0.4 is 5.32 Å². The summed E-state index contributed by atoms with van der Waals surface area (Å²) in [6.07, 6.45) is 1.63. The number of halogens is 2. The molecule has 0 spiro atoms. The van der Waals surface area contributed by atoms with Crippen molar-refractivity contribution in [3.05, 3.63) is 51.7 Å². The van der Waals surface area contributed by atoms with Crippen LogP contribution in [0, 0.1) is 11.3 Å². The van der Waals surface area contributed by atoms with E-state index in [1.54, 1.807) is 36.4 Å². The number of hydrogen-bond donors (Lipinski definition) is 1. The number of carbonyl (C=O) groups is 1. The Hall–Kier alpha value is -2.27. The van der Waals surface area contributed by atoms with Crippen molar-refractivity contribution in [2.45, 2.75) is 12.5 Å². The molecule has 3 rings (SSSR count). The number of nitrogens with zero attached hydrogens (tertiary/aromatic N) is 1. The Bertz CT molecular complexity index is 1070. The van der Waals surface area contributed by atoms with Crippen LogP contribution in [0.4, 0.5) is 0 Å². The molecular weight excluding hydrogens is 411 g/mol. The van der Waals surface area contributed by atoms with Crippen molar-refractivity contribution < 1.29 is 17.6 Å². The van der Waals surface area contributed by atoms with Crippen LogP contribution in [0.5, 0.6) is 0 Å². The van der Waals surface area contributed by atoms with Crippen LogP contribution in [0.1, 0.15) is 12.2 Å². The molecule has 27 heavy (non-hydrogen) atoms. The van der Waals surface area contributed by atoms with Crippen LogP contribution in [0.3, 0.4) is 0 Å². The van der Waals surface area contributed by atoms with E-state index < -0.39 is 21.8 Å². The number of furan rings is 1. The first-order chi connectivity index (χ1) is 12.8. The fraction of sp³-hybridized carbons (Fsp3) is 0.222. The first-order valence-corrected chi connectivity index (χ1v) is 10.5. The SMILES string of the molecule is N#C/C(=C\c1ccc(-c2cc(Cl)ccc2Cl)o1)C(=O)N[C@H]1CCS(=O)(=O)C1. The molecule has 0 saturated carbocycles. The maximum absolute atomic E-state index is 12.2. The Morgan fingerprint density at radius 3 is 2.74 bits per heavy atom. The van der Waals surface area contributed by atoms with Crippen LogP contribution in [-0.4, -0.2) is 31.9 Å². The van der Waals surface area contributed by atoms with Crippen molar-refractivity contribution >= 4 is 45.0 Å². The molecule has 1 amide bonds. The lowest BCUT2D eigenvalue weighted by Gasteiger charge is -2.09. The topological polar surface area (TPSA) is 100 Å². The van der Waals surface area contributed by atoms with E-state index >= 15 is 0 Å². The summed E-state index contributed by atoms with van der Waals surface area (Å²) < 4.78 is 28.6. The van der Waals surface area contributed by atoms with Gasteiger partial charge in [-0.25, -0.2) is 8.42 Å². The lowest BCUT2D eigenvalue weighted by atomic mass is 10.2. The maximum atomic E-state index is 12.2. The first kappa shape index (κ1) is 19.5. The fourth-order valence-electron chi connectivity index (χ4n) is 2.72. The molecule has 1 aromatic heterocycles. The molecule has 1 saturated heterocycles. The molecule has 1 aromatic carbocycles. The molecule has 6 nitrogen and oxygen atoms in total. The quantitative estimate of drug-likeness (QED) is 0.597.